The van der Waals surface area contributed by atoms with E-state index in [1.807, 2.05) is 31.2 Å². The number of hydrogen-bond donors (Lipinski definition) is 1. The lowest BCUT2D eigenvalue weighted by molar-refractivity contribution is -0.113. The number of anilines is 1. The Morgan fingerprint density at radius 1 is 1.30 bits per heavy atom. The van der Waals surface area contributed by atoms with Crippen LogP contribution in [0.2, 0.25) is 10.0 Å². The highest BCUT2D eigenvalue weighted by molar-refractivity contribution is 7.99. The normalized spacial score (nSPS) is 10.9. The number of carbonyl (C=O) groups excluding carboxylic acids is 1. The summed E-state index contributed by atoms with van der Waals surface area (Å²) in [6.07, 6.45) is 1.67. The molecule has 1 aromatic carbocycles. The van der Waals surface area contributed by atoms with Crippen LogP contribution in [0.1, 0.15) is 5.56 Å². The highest BCUT2D eigenvalue weighted by atomic mass is 35.5. The molecule has 0 unspecified atom stereocenters. The van der Waals surface area contributed by atoms with Crippen LogP contribution in [0.25, 0.3) is 5.65 Å². The molecule has 1 N–H and O–H groups in total. The van der Waals surface area contributed by atoms with Crippen LogP contribution in [0, 0.1) is 6.92 Å². The van der Waals surface area contributed by atoms with Crippen molar-refractivity contribution in [2.45, 2.75) is 12.1 Å². The number of pyridine rings is 1. The van der Waals surface area contributed by atoms with Crippen molar-refractivity contribution in [2.75, 3.05) is 11.1 Å². The van der Waals surface area contributed by atoms with Gasteiger partial charge in [-0.2, -0.15) is 0 Å². The van der Waals surface area contributed by atoms with Crippen LogP contribution < -0.4 is 5.32 Å². The maximum absolute atomic E-state index is 12.1. The first kappa shape index (κ1) is 16.1. The Bertz CT molecular complexity index is 881. The molecule has 0 atom stereocenters. The molecule has 0 saturated carbocycles. The molecule has 118 valence electrons. The van der Waals surface area contributed by atoms with Gasteiger partial charge < -0.3 is 5.32 Å². The van der Waals surface area contributed by atoms with Crippen molar-refractivity contribution in [3.05, 3.63) is 52.1 Å². The number of benzene rings is 1. The van der Waals surface area contributed by atoms with Gasteiger partial charge in [-0.15, -0.1) is 10.2 Å². The number of carbonyl (C=O) groups is 1. The molecule has 3 rings (SSSR count). The van der Waals surface area contributed by atoms with Gasteiger partial charge in [-0.3, -0.25) is 9.20 Å². The Morgan fingerprint density at radius 2 is 2.09 bits per heavy atom. The van der Waals surface area contributed by atoms with Crippen LogP contribution in [0.5, 0.6) is 0 Å². The van der Waals surface area contributed by atoms with Gasteiger partial charge in [0.05, 0.1) is 15.8 Å². The van der Waals surface area contributed by atoms with Crippen molar-refractivity contribution >= 4 is 52.2 Å². The molecule has 0 aliphatic heterocycles. The predicted octanol–water partition coefficient (Wildman–Crippen LogP) is 4.08. The first-order valence-electron chi connectivity index (χ1n) is 6.72. The molecular formula is C15H12Cl2N4OS. The monoisotopic (exact) mass is 366 g/mol. The average molecular weight is 367 g/mol. The number of thioether (sulfide) groups is 1. The Labute approximate surface area is 147 Å². The summed E-state index contributed by atoms with van der Waals surface area (Å²) in [6.45, 7) is 1.94. The summed E-state index contributed by atoms with van der Waals surface area (Å²) >= 11 is 13.3. The van der Waals surface area contributed by atoms with Gasteiger partial charge in [0.15, 0.2) is 10.8 Å². The SMILES string of the molecule is Cc1ccccc1NC(=O)CSc1nnc2c(Cl)cc(Cl)cn12. The van der Waals surface area contributed by atoms with Gasteiger partial charge in [0.25, 0.3) is 0 Å². The number of halogens is 2. The number of aryl methyl sites for hydroxylation is 1. The van der Waals surface area contributed by atoms with Crippen molar-refractivity contribution in [2.24, 2.45) is 0 Å². The quantitative estimate of drug-likeness (QED) is 0.706. The molecule has 8 heteroatoms. The summed E-state index contributed by atoms with van der Waals surface area (Å²) in [5.74, 6) is 0.0911. The number of nitrogens with one attached hydrogen (secondary N) is 1. The van der Waals surface area contributed by atoms with E-state index in [9.17, 15) is 4.79 Å². The summed E-state index contributed by atoms with van der Waals surface area (Å²) in [7, 11) is 0. The maximum atomic E-state index is 12.1. The zero-order valence-electron chi connectivity index (χ0n) is 12.1. The Morgan fingerprint density at radius 3 is 2.87 bits per heavy atom. The lowest BCUT2D eigenvalue weighted by atomic mass is 10.2. The second kappa shape index (κ2) is 6.78. The van der Waals surface area contributed by atoms with Gasteiger partial charge >= 0.3 is 0 Å². The van der Waals surface area contributed by atoms with Crippen LogP contribution in [0.4, 0.5) is 5.69 Å². The fourth-order valence-electron chi connectivity index (χ4n) is 2.03. The fourth-order valence-corrected chi connectivity index (χ4v) is 3.25. The standard InChI is InChI=1S/C15H12Cl2N4OS/c1-9-4-2-3-5-12(9)18-13(22)8-23-15-20-19-14-11(17)6-10(16)7-21(14)15/h2-7H,8H2,1H3,(H,18,22). The summed E-state index contributed by atoms with van der Waals surface area (Å²) in [4.78, 5) is 12.1. The third-order valence-corrected chi connectivity index (χ3v) is 4.57. The highest BCUT2D eigenvalue weighted by Crippen LogP contribution is 2.25. The lowest BCUT2D eigenvalue weighted by Crippen LogP contribution is -2.15. The number of nitrogens with zero attached hydrogens (tertiary/aromatic N) is 3. The predicted molar refractivity (Wildman–Crippen MR) is 93.5 cm³/mol. The molecule has 0 bridgehead atoms. The van der Waals surface area contributed by atoms with Gasteiger partial charge in [-0.25, -0.2) is 0 Å². The molecule has 5 nitrogen and oxygen atoms in total. The van der Waals surface area contributed by atoms with E-state index < -0.39 is 0 Å². The second-order valence-corrected chi connectivity index (χ2v) is 6.62. The molecule has 0 aliphatic carbocycles. The van der Waals surface area contributed by atoms with Gasteiger partial charge in [-0.05, 0) is 24.6 Å². The van der Waals surface area contributed by atoms with E-state index in [2.05, 4.69) is 15.5 Å². The van der Waals surface area contributed by atoms with Crippen LogP contribution in [0.3, 0.4) is 0 Å². The number of amides is 1. The van der Waals surface area contributed by atoms with E-state index in [0.29, 0.717) is 20.8 Å². The van der Waals surface area contributed by atoms with Crippen LogP contribution >= 0.6 is 35.0 Å². The fraction of sp³-hybridized carbons (Fsp3) is 0.133. The molecule has 1 amide bonds. The third-order valence-electron chi connectivity index (χ3n) is 3.15. The van der Waals surface area contributed by atoms with Gasteiger partial charge in [-0.1, -0.05) is 53.2 Å². The Hall–Kier alpha value is -1.76. The average Bonchev–Trinajstić information content (AvgIpc) is 2.91. The minimum atomic E-state index is -0.117. The number of rotatable bonds is 4. The van der Waals surface area contributed by atoms with Crippen molar-refractivity contribution in [3.8, 4) is 0 Å². The molecule has 0 saturated heterocycles. The smallest absolute Gasteiger partial charge is 0.234 e. The molecule has 0 fully saturated rings. The zero-order chi connectivity index (χ0) is 16.4. The van der Waals surface area contributed by atoms with E-state index in [0.717, 1.165) is 11.3 Å². The Kier molecular flexibility index (Phi) is 4.75. The van der Waals surface area contributed by atoms with E-state index in [1.165, 1.54) is 11.8 Å². The number of aromatic nitrogens is 3. The molecule has 2 aromatic heterocycles. The summed E-state index contributed by atoms with van der Waals surface area (Å²) in [5, 5.41) is 12.4. The molecular weight excluding hydrogens is 355 g/mol. The molecule has 0 aliphatic rings. The maximum Gasteiger partial charge on any atom is 0.234 e. The van der Waals surface area contributed by atoms with Crippen LogP contribution in [-0.2, 0) is 4.79 Å². The van der Waals surface area contributed by atoms with Crippen LogP contribution in [0.15, 0.2) is 41.7 Å². The summed E-state index contributed by atoms with van der Waals surface area (Å²) < 4.78 is 1.68. The van der Waals surface area contributed by atoms with Crippen LogP contribution in [-0.4, -0.2) is 26.3 Å². The number of hydrogen-bond acceptors (Lipinski definition) is 4. The van der Waals surface area contributed by atoms with E-state index in [-0.39, 0.29) is 11.7 Å². The lowest BCUT2D eigenvalue weighted by Gasteiger charge is -2.07. The summed E-state index contributed by atoms with van der Waals surface area (Å²) in [5.41, 5.74) is 2.32. The van der Waals surface area contributed by atoms with E-state index >= 15 is 0 Å². The van der Waals surface area contributed by atoms with Crippen molar-refractivity contribution < 1.29 is 4.79 Å². The van der Waals surface area contributed by atoms with E-state index in [4.69, 9.17) is 23.2 Å². The molecule has 2 heterocycles. The highest BCUT2D eigenvalue weighted by Gasteiger charge is 2.12. The van der Waals surface area contributed by atoms with Crippen molar-refractivity contribution in [1.82, 2.24) is 14.6 Å². The molecule has 0 radical (unpaired) electrons. The third kappa shape index (κ3) is 3.60. The molecule has 0 spiro atoms. The first-order valence-corrected chi connectivity index (χ1v) is 8.47. The number of para-hydroxylation sites is 1. The molecule has 3 aromatic rings. The van der Waals surface area contributed by atoms with E-state index in [1.54, 1.807) is 16.7 Å². The van der Waals surface area contributed by atoms with Gasteiger partial charge in [0.1, 0.15) is 0 Å². The minimum absolute atomic E-state index is 0.117. The van der Waals surface area contributed by atoms with Gasteiger partial charge in [0, 0.05) is 11.9 Å². The minimum Gasteiger partial charge on any atom is -0.325 e. The molecule has 23 heavy (non-hydrogen) atoms. The largest absolute Gasteiger partial charge is 0.325 e. The van der Waals surface area contributed by atoms with Crippen molar-refractivity contribution in [3.63, 3.8) is 0 Å². The van der Waals surface area contributed by atoms with Crippen molar-refractivity contribution in [1.29, 1.82) is 0 Å². The Balaban J connectivity index is 1.71. The first-order chi connectivity index (χ1) is 11.0. The second-order valence-electron chi connectivity index (χ2n) is 4.83. The summed E-state index contributed by atoms with van der Waals surface area (Å²) in [6, 6.07) is 9.22. The number of fused-ring (bicyclic) bond motifs is 1. The zero-order valence-corrected chi connectivity index (χ0v) is 14.4. The van der Waals surface area contributed by atoms with Gasteiger partial charge in [0.2, 0.25) is 5.91 Å². The topological polar surface area (TPSA) is 59.3 Å².